The zero-order valence-electron chi connectivity index (χ0n) is 13.3. The zero-order valence-corrected chi connectivity index (χ0v) is 13.3. The maximum atomic E-state index is 13.9. The number of H-pyrrole nitrogens is 1. The van der Waals surface area contributed by atoms with Crippen LogP contribution in [0.5, 0.6) is 0 Å². The molecule has 1 unspecified atom stereocenters. The highest BCUT2D eigenvalue weighted by atomic mass is 19.1. The number of nitrogens with one attached hydrogen (secondary N) is 1. The van der Waals surface area contributed by atoms with Gasteiger partial charge in [-0.25, -0.2) is 19.0 Å². The molecule has 0 radical (unpaired) electrons. The lowest BCUT2D eigenvalue weighted by Crippen LogP contribution is -2.02. The third-order valence-electron chi connectivity index (χ3n) is 4.10. The quantitative estimate of drug-likeness (QED) is 0.624. The van der Waals surface area contributed by atoms with Gasteiger partial charge in [-0.05, 0) is 18.2 Å². The summed E-state index contributed by atoms with van der Waals surface area (Å²) in [5.74, 6) is 0.142. The van der Waals surface area contributed by atoms with Crippen molar-refractivity contribution in [1.29, 1.82) is 5.26 Å². The predicted octanol–water partition coefficient (Wildman–Crippen LogP) is 3.31. The zero-order chi connectivity index (χ0) is 17.4. The van der Waals surface area contributed by atoms with Crippen molar-refractivity contribution in [1.82, 2.24) is 24.7 Å². The maximum absolute atomic E-state index is 13.9. The number of para-hydroxylation sites is 1. The Morgan fingerprint density at radius 2 is 2.12 bits per heavy atom. The number of aromatic nitrogens is 5. The van der Waals surface area contributed by atoms with Gasteiger partial charge in [-0.15, -0.1) is 0 Å². The lowest BCUT2D eigenvalue weighted by Gasteiger charge is -2.07. The molecule has 0 aliphatic rings. The summed E-state index contributed by atoms with van der Waals surface area (Å²) in [6.07, 6.45) is 5.14. The number of hydrogen-bond donors (Lipinski definition) is 1. The first-order valence-corrected chi connectivity index (χ1v) is 7.71. The topological polar surface area (TPSA) is 83.2 Å². The van der Waals surface area contributed by atoms with Crippen LogP contribution in [0.15, 0.2) is 48.9 Å². The molecule has 1 atom stereocenters. The molecule has 0 aliphatic heterocycles. The van der Waals surface area contributed by atoms with Crippen molar-refractivity contribution in [3.8, 4) is 11.8 Å². The largest absolute Gasteiger partial charge is 0.331 e. The van der Waals surface area contributed by atoms with Gasteiger partial charge in [0.25, 0.3) is 0 Å². The number of nitrogens with zero attached hydrogens (tertiary/aromatic N) is 5. The molecule has 25 heavy (non-hydrogen) atoms. The minimum absolute atomic E-state index is 0.126. The van der Waals surface area contributed by atoms with Crippen LogP contribution in [0.4, 0.5) is 4.39 Å². The first-order chi connectivity index (χ1) is 12.2. The third kappa shape index (κ3) is 2.64. The number of nitriles is 1. The van der Waals surface area contributed by atoms with Crippen LogP contribution < -0.4 is 0 Å². The van der Waals surface area contributed by atoms with Crippen molar-refractivity contribution in [2.24, 2.45) is 0 Å². The molecule has 0 fully saturated rings. The second-order valence-corrected chi connectivity index (χ2v) is 5.72. The maximum Gasteiger partial charge on any atom is 0.148 e. The first kappa shape index (κ1) is 15.0. The van der Waals surface area contributed by atoms with E-state index in [9.17, 15) is 4.39 Å². The number of halogens is 1. The molecule has 3 aromatic heterocycles. The van der Waals surface area contributed by atoms with Gasteiger partial charge >= 0.3 is 0 Å². The molecular weight excluding hydrogens is 319 g/mol. The van der Waals surface area contributed by atoms with Gasteiger partial charge in [0, 0.05) is 29.3 Å². The average molecular weight is 332 g/mol. The Bertz CT molecular complexity index is 1100. The van der Waals surface area contributed by atoms with E-state index in [0.29, 0.717) is 22.9 Å². The fourth-order valence-corrected chi connectivity index (χ4v) is 2.68. The molecular formula is C18H13FN6. The highest BCUT2D eigenvalue weighted by Crippen LogP contribution is 2.24. The number of fused-ring (bicyclic) bond motifs is 1. The van der Waals surface area contributed by atoms with E-state index in [1.807, 2.05) is 6.92 Å². The smallest absolute Gasteiger partial charge is 0.148 e. The van der Waals surface area contributed by atoms with E-state index >= 15 is 0 Å². The molecule has 0 amide bonds. The van der Waals surface area contributed by atoms with Gasteiger partial charge in [0.2, 0.25) is 0 Å². The predicted molar refractivity (Wildman–Crippen MR) is 89.6 cm³/mol. The minimum atomic E-state index is -0.335. The van der Waals surface area contributed by atoms with E-state index in [0.717, 1.165) is 10.9 Å². The summed E-state index contributed by atoms with van der Waals surface area (Å²) < 4.78 is 15.4. The van der Waals surface area contributed by atoms with Crippen LogP contribution in [0.1, 0.15) is 29.9 Å². The third-order valence-corrected chi connectivity index (χ3v) is 4.10. The molecule has 0 bridgehead atoms. The standard InChI is InChI=1S/C18H13FN6/c1-11(17-21-8-12-6-14(7-20)23-18(12)24-17)13-9-22-25(10-13)16-5-3-2-4-15(16)19/h2-6,8-11H,1H3,(H,21,23,24). The summed E-state index contributed by atoms with van der Waals surface area (Å²) in [6.45, 7) is 1.96. The summed E-state index contributed by atoms with van der Waals surface area (Å²) in [7, 11) is 0. The molecule has 1 N–H and O–H groups in total. The molecule has 4 aromatic rings. The van der Waals surface area contributed by atoms with Crippen molar-refractivity contribution in [3.63, 3.8) is 0 Å². The minimum Gasteiger partial charge on any atom is -0.331 e. The molecule has 0 saturated carbocycles. The van der Waals surface area contributed by atoms with Gasteiger partial charge in [-0.1, -0.05) is 19.1 Å². The van der Waals surface area contributed by atoms with Crippen LogP contribution in [0, 0.1) is 17.1 Å². The van der Waals surface area contributed by atoms with Crippen molar-refractivity contribution in [2.75, 3.05) is 0 Å². The number of aromatic amines is 1. The van der Waals surface area contributed by atoms with Crippen LogP contribution in [-0.4, -0.2) is 24.7 Å². The second kappa shape index (κ2) is 5.83. The van der Waals surface area contributed by atoms with E-state index in [2.05, 4.69) is 26.1 Å². The van der Waals surface area contributed by atoms with Crippen molar-refractivity contribution in [2.45, 2.75) is 12.8 Å². The average Bonchev–Trinajstić information content (AvgIpc) is 3.27. The van der Waals surface area contributed by atoms with E-state index in [4.69, 9.17) is 5.26 Å². The lowest BCUT2D eigenvalue weighted by molar-refractivity contribution is 0.611. The summed E-state index contributed by atoms with van der Waals surface area (Å²) >= 11 is 0. The van der Waals surface area contributed by atoms with Gasteiger partial charge in [0.05, 0.1) is 6.20 Å². The molecule has 1 aromatic carbocycles. The van der Waals surface area contributed by atoms with Crippen LogP contribution in [-0.2, 0) is 0 Å². The van der Waals surface area contributed by atoms with Gasteiger partial charge in [0.15, 0.2) is 0 Å². The number of rotatable bonds is 3. The molecule has 122 valence electrons. The second-order valence-electron chi connectivity index (χ2n) is 5.72. The van der Waals surface area contributed by atoms with Crippen LogP contribution in [0.25, 0.3) is 16.7 Å². The SMILES string of the molecule is CC(c1cnn(-c2ccccc2F)c1)c1ncc2cc(C#N)[nH]c2n1. The Morgan fingerprint density at radius 1 is 1.28 bits per heavy atom. The Labute approximate surface area is 142 Å². The molecule has 3 heterocycles. The van der Waals surface area contributed by atoms with Gasteiger partial charge in [-0.2, -0.15) is 10.4 Å². The van der Waals surface area contributed by atoms with E-state index < -0.39 is 0 Å². The fourth-order valence-electron chi connectivity index (χ4n) is 2.68. The van der Waals surface area contributed by atoms with Crippen molar-refractivity contribution >= 4 is 11.0 Å². The van der Waals surface area contributed by atoms with Gasteiger partial charge < -0.3 is 4.98 Å². The van der Waals surface area contributed by atoms with Crippen molar-refractivity contribution < 1.29 is 4.39 Å². The van der Waals surface area contributed by atoms with E-state index in [-0.39, 0.29) is 11.7 Å². The highest BCUT2D eigenvalue weighted by molar-refractivity contribution is 5.76. The van der Waals surface area contributed by atoms with Crippen molar-refractivity contribution in [3.05, 3.63) is 71.8 Å². The summed E-state index contributed by atoms with van der Waals surface area (Å²) in [5.41, 5.74) is 2.33. The van der Waals surface area contributed by atoms with E-state index in [1.165, 1.54) is 10.7 Å². The molecule has 0 spiro atoms. The van der Waals surface area contributed by atoms with Crippen LogP contribution >= 0.6 is 0 Å². The van der Waals surface area contributed by atoms with Gasteiger partial charge in [0.1, 0.15) is 34.7 Å². The Hall–Kier alpha value is -3.53. The summed E-state index contributed by atoms with van der Waals surface area (Å²) in [5, 5.41) is 14.0. The van der Waals surface area contributed by atoms with Gasteiger partial charge in [-0.3, -0.25) is 0 Å². The summed E-state index contributed by atoms with van der Waals surface area (Å²) in [4.78, 5) is 11.8. The molecule has 4 rings (SSSR count). The Morgan fingerprint density at radius 3 is 2.92 bits per heavy atom. The molecule has 7 heteroatoms. The molecule has 0 aliphatic carbocycles. The van der Waals surface area contributed by atoms with E-state index in [1.54, 1.807) is 42.9 Å². The highest BCUT2D eigenvalue weighted by Gasteiger charge is 2.16. The number of benzene rings is 1. The van der Waals surface area contributed by atoms with Crippen LogP contribution in [0.3, 0.4) is 0 Å². The lowest BCUT2D eigenvalue weighted by atomic mass is 10.0. The Balaban J connectivity index is 1.68. The molecule has 0 saturated heterocycles. The van der Waals surface area contributed by atoms with Crippen LogP contribution in [0.2, 0.25) is 0 Å². The molecule has 6 nitrogen and oxygen atoms in total. The normalized spacial score (nSPS) is 12.2. The fraction of sp³-hybridized carbons (Fsp3) is 0.111. The summed E-state index contributed by atoms with van der Waals surface area (Å²) in [6, 6.07) is 10.2. The monoisotopic (exact) mass is 332 g/mol. The Kier molecular flexibility index (Phi) is 3.51. The first-order valence-electron chi connectivity index (χ1n) is 7.71. The number of hydrogen-bond acceptors (Lipinski definition) is 4.